The lowest BCUT2D eigenvalue weighted by atomic mass is 10.2. The highest BCUT2D eigenvalue weighted by Crippen LogP contribution is 2.25. The number of aromatic nitrogens is 4. The predicted octanol–water partition coefficient (Wildman–Crippen LogP) is 2.93. The molecule has 14 nitrogen and oxygen atoms in total. The molecule has 2 heterocycles. The van der Waals surface area contributed by atoms with Crippen LogP contribution in [-0.2, 0) is 4.74 Å². The zero-order valence-corrected chi connectivity index (χ0v) is 18.2. The zero-order chi connectivity index (χ0) is 24.1. The van der Waals surface area contributed by atoms with Crippen LogP contribution in [0.3, 0.4) is 0 Å². The number of hydrogen-bond acceptors (Lipinski definition) is 11. The lowest BCUT2D eigenvalue weighted by molar-refractivity contribution is -0.385. The molecule has 2 aromatic rings. The maximum absolute atomic E-state index is 11.6. The molecule has 0 bridgehead atoms. The average molecular weight is 436 g/mol. The summed E-state index contributed by atoms with van der Waals surface area (Å²) < 4.78 is 5.02. The summed E-state index contributed by atoms with van der Waals surface area (Å²) in [5, 5.41) is 23.6. The normalized spacial score (nSPS) is 10.5. The van der Waals surface area contributed by atoms with E-state index in [0.29, 0.717) is 17.3 Å². The number of ether oxygens (including phenoxy) is 1. The molecule has 0 aliphatic rings. The number of nitrogens with zero attached hydrogens (tertiary/aromatic N) is 6. The van der Waals surface area contributed by atoms with Gasteiger partial charge < -0.3 is 10.5 Å². The van der Waals surface area contributed by atoms with Crippen molar-refractivity contribution in [3.63, 3.8) is 0 Å². The van der Waals surface area contributed by atoms with Gasteiger partial charge in [0.1, 0.15) is 28.6 Å². The van der Waals surface area contributed by atoms with E-state index in [1.54, 1.807) is 34.6 Å². The highest BCUT2D eigenvalue weighted by Gasteiger charge is 2.25. The third-order valence-corrected chi connectivity index (χ3v) is 3.35. The molecule has 0 radical (unpaired) electrons. The molecule has 3 N–H and O–H groups in total. The van der Waals surface area contributed by atoms with Gasteiger partial charge in [-0.15, -0.1) is 0 Å². The SMILES string of the molecule is Cc1nc(C)c([N+](=O)[O-])c(N)n1.Cc1nc(C)c([N+](=O)[O-])c(NC(=O)OC(C)(C)C)n1. The Balaban J connectivity index is 0.000000343. The number of nitrogens with one attached hydrogen (secondary N) is 1. The molecule has 31 heavy (non-hydrogen) atoms. The van der Waals surface area contributed by atoms with Gasteiger partial charge in [-0.1, -0.05) is 0 Å². The fourth-order valence-corrected chi connectivity index (χ4v) is 2.37. The molecule has 168 valence electrons. The number of nitro groups is 2. The summed E-state index contributed by atoms with van der Waals surface area (Å²) in [4.78, 5) is 47.0. The number of hydrogen-bond donors (Lipinski definition) is 2. The van der Waals surface area contributed by atoms with E-state index in [4.69, 9.17) is 10.5 Å². The summed E-state index contributed by atoms with van der Waals surface area (Å²) in [6.45, 7) is 11.3. The maximum Gasteiger partial charge on any atom is 0.413 e. The van der Waals surface area contributed by atoms with E-state index in [2.05, 4.69) is 25.3 Å². The average Bonchev–Trinajstić information content (AvgIpc) is 2.50. The number of nitrogens with two attached hydrogens (primary N) is 1. The van der Waals surface area contributed by atoms with Crippen molar-refractivity contribution < 1.29 is 19.4 Å². The quantitative estimate of drug-likeness (QED) is 0.528. The van der Waals surface area contributed by atoms with Crippen LogP contribution in [0.25, 0.3) is 0 Å². The number of aryl methyl sites for hydroxylation is 4. The minimum atomic E-state index is -0.798. The summed E-state index contributed by atoms with van der Waals surface area (Å²) in [6.07, 6.45) is -0.798. The summed E-state index contributed by atoms with van der Waals surface area (Å²) in [5.74, 6) is 0.527. The van der Waals surface area contributed by atoms with Crippen molar-refractivity contribution in [2.24, 2.45) is 0 Å². The Morgan fingerprint density at radius 2 is 1.35 bits per heavy atom. The van der Waals surface area contributed by atoms with E-state index in [0.717, 1.165) is 0 Å². The van der Waals surface area contributed by atoms with Crippen molar-refractivity contribution in [3.05, 3.63) is 43.3 Å². The van der Waals surface area contributed by atoms with E-state index >= 15 is 0 Å². The van der Waals surface area contributed by atoms with E-state index in [9.17, 15) is 25.0 Å². The number of rotatable bonds is 3. The molecular weight excluding hydrogens is 412 g/mol. The molecule has 0 aromatic carbocycles. The summed E-state index contributed by atoms with van der Waals surface area (Å²) in [7, 11) is 0. The molecule has 0 spiro atoms. The molecular formula is C17H24N8O6. The van der Waals surface area contributed by atoms with E-state index in [-0.39, 0.29) is 28.7 Å². The van der Waals surface area contributed by atoms with Crippen LogP contribution in [0.4, 0.5) is 27.8 Å². The molecule has 0 fully saturated rings. The van der Waals surface area contributed by atoms with Crippen molar-refractivity contribution in [1.29, 1.82) is 0 Å². The summed E-state index contributed by atoms with van der Waals surface area (Å²) in [5.41, 5.74) is 4.57. The second-order valence-electron chi connectivity index (χ2n) is 7.28. The Morgan fingerprint density at radius 3 is 1.77 bits per heavy atom. The van der Waals surface area contributed by atoms with Crippen LogP contribution in [0.15, 0.2) is 0 Å². The highest BCUT2D eigenvalue weighted by atomic mass is 16.6. The molecule has 0 aliphatic carbocycles. The Hall–Kier alpha value is -3.97. The minimum absolute atomic E-state index is 0.0787. The van der Waals surface area contributed by atoms with Crippen LogP contribution in [0.2, 0.25) is 0 Å². The first-order valence-corrected chi connectivity index (χ1v) is 8.87. The van der Waals surface area contributed by atoms with E-state index in [1.165, 1.54) is 13.8 Å². The third-order valence-electron chi connectivity index (χ3n) is 3.35. The Kier molecular flexibility index (Phi) is 7.83. The topological polar surface area (TPSA) is 202 Å². The second kappa shape index (κ2) is 9.69. The Morgan fingerprint density at radius 1 is 0.903 bits per heavy atom. The lowest BCUT2D eigenvalue weighted by Gasteiger charge is -2.19. The number of carbonyl (C=O) groups excluding carboxylic acids is 1. The van der Waals surface area contributed by atoms with Gasteiger partial charge in [0, 0.05) is 0 Å². The number of anilines is 2. The molecule has 2 rings (SSSR count). The first-order valence-electron chi connectivity index (χ1n) is 8.87. The second-order valence-corrected chi connectivity index (χ2v) is 7.28. The molecule has 0 unspecified atom stereocenters. The van der Waals surface area contributed by atoms with Gasteiger partial charge in [-0.2, -0.15) is 0 Å². The molecule has 0 saturated heterocycles. The van der Waals surface area contributed by atoms with Gasteiger partial charge in [-0.25, -0.2) is 24.7 Å². The van der Waals surface area contributed by atoms with Crippen molar-refractivity contribution in [2.75, 3.05) is 11.1 Å². The molecule has 1 amide bonds. The van der Waals surface area contributed by atoms with Crippen LogP contribution in [-0.4, -0.2) is 41.5 Å². The highest BCUT2D eigenvalue weighted by molar-refractivity contribution is 5.86. The first-order chi connectivity index (χ1) is 14.1. The number of amides is 1. The molecule has 0 aliphatic heterocycles. The van der Waals surface area contributed by atoms with E-state index in [1.807, 2.05) is 0 Å². The van der Waals surface area contributed by atoms with Crippen molar-refractivity contribution in [1.82, 2.24) is 19.9 Å². The molecule has 2 aromatic heterocycles. The van der Waals surface area contributed by atoms with Crippen LogP contribution in [0, 0.1) is 47.9 Å². The van der Waals surface area contributed by atoms with Gasteiger partial charge in [0.25, 0.3) is 0 Å². The van der Waals surface area contributed by atoms with E-state index < -0.39 is 21.5 Å². The van der Waals surface area contributed by atoms with Crippen molar-refractivity contribution in [3.8, 4) is 0 Å². The van der Waals surface area contributed by atoms with Gasteiger partial charge in [0.2, 0.25) is 11.6 Å². The summed E-state index contributed by atoms with van der Waals surface area (Å²) >= 11 is 0. The van der Waals surface area contributed by atoms with Gasteiger partial charge in [-0.3, -0.25) is 25.5 Å². The smallest absolute Gasteiger partial charge is 0.413 e. The van der Waals surface area contributed by atoms with Crippen molar-refractivity contribution in [2.45, 2.75) is 54.1 Å². The zero-order valence-electron chi connectivity index (χ0n) is 18.2. The predicted molar refractivity (Wildman–Crippen MR) is 111 cm³/mol. The van der Waals surface area contributed by atoms with Crippen molar-refractivity contribution >= 4 is 29.1 Å². The van der Waals surface area contributed by atoms with Crippen LogP contribution in [0.5, 0.6) is 0 Å². The fraction of sp³-hybridized carbons (Fsp3) is 0.471. The first kappa shape index (κ1) is 25.1. The standard InChI is InChI=1S/C11H16N4O4.C6H8N4O2/c1-6-8(15(17)18)9(13-7(2)12-6)14-10(16)19-11(3,4)5;1-3-5(10(11)12)6(7)9-4(2)8-3/h1-5H3,(H,12,13,14,16);1-2H3,(H2,7,8,9). The maximum atomic E-state index is 11.6. The number of nitrogen functional groups attached to an aromatic ring is 1. The molecule has 0 atom stereocenters. The van der Waals surface area contributed by atoms with Crippen LogP contribution in [0.1, 0.15) is 43.8 Å². The lowest BCUT2D eigenvalue weighted by Crippen LogP contribution is -2.28. The molecule has 14 heteroatoms. The Bertz CT molecular complexity index is 995. The van der Waals surface area contributed by atoms with Crippen LogP contribution < -0.4 is 11.1 Å². The van der Waals surface area contributed by atoms with Gasteiger partial charge in [-0.05, 0) is 48.5 Å². The molecule has 0 saturated carbocycles. The van der Waals surface area contributed by atoms with Gasteiger partial charge in [0.05, 0.1) is 9.85 Å². The third kappa shape index (κ3) is 7.41. The number of carbonyl (C=O) groups is 1. The fourth-order valence-electron chi connectivity index (χ4n) is 2.37. The largest absolute Gasteiger partial charge is 0.444 e. The monoisotopic (exact) mass is 436 g/mol. The van der Waals surface area contributed by atoms with Crippen LogP contribution >= 0.6 is 0 Å². The Labute approximate surface area is 177 Å². The minimum Gasteiger partial charge on any atom is -0.444 e. The van der Waals surface area contributed by atoms with Gasteiger partial charge >= 0.3 is 17.5 Å². The van der Waals surface area contributed by atoms with Gasteiger partial charge in [0.15, 0.2) is 0 Å². The summed E-state index contributed by atoms with van der Waals surface area (Å²) in [6, 6.07) is 0.